The molecule has 1 aliphatic heterocycles. The first kappa shape index (κ1) is 16.2. The van der Waals surface area contributed by atoms with Gasteiger partial charge in [0.05, 0.1) is 24.5 Å². The Kier molecular flexibility index (Phi) is 5.18. The van der Waals surface area contributed by atoms with Crippen LogP contribution in [0.15, 0.2) is 18.2 Å². The summed E-state index contributed by atoms with van der Waals surface area (Å²) in [5.41, 5.74) is 0.543. The first-order valence-corrected chi connectivity index (χ1v) is 8.52. The Balaban J connectivity index is 2.23. The van der Waals surface area contributed by atoms with Crippen molar-refractivity contribution in [2.45, 2.75) is 31.9 Å². The summed E-state index contributed by atoms with van der Waals surface area (Å²) in [6.07, 6.45) is 0.814. The molecule has 0 saturated carbocycles. The molecule has 2 rings (SSSR count). The third-order valence-electron chi connectivity index (χ3n) is 3.43. The summed E-state index contributed by atoms with van der Waals surface area (Å²) < 4.78 is 51.1. The number of sulfonamides is 1. The fraction of sp³-hybridized carbons (Fsp3) is 0.571. The first-order valence-electron chi connectivity index (χ1n) is 6.87. The number of rotatable bonds is 5. The van der Waals surface area contributed by atoms with Gasteiger partial charge in [-0.25, -0.2) is 17.5 Å². The zero-order valence-electron chi connectivity index (χ0n) is 12.1. The summed E-state index contributed by atoms with van der Waals surface area (Å²) in [6.45, 7) is 2.06. The fourth-order valence-electron chi connectivity index (χ4n) is 2.33. The summed E-state index contributed by atoms with van der Waals surface area (Å²) in [5.74, 6) is -0.461. The van der Waals surface area contributed by atoms with E-state index in [0.717, 1.165) is 0 Å². The summed E-state index contributed by atoms with van der Waals surface area (Å²) >= 11 is 0. The lowest BCUT2D eigenvalue weighted by Gasteiger charge is -2.19. The van der Waals surface area contributed by atoms with Crippen molar-refractivity contribution in [2.24, 2.45) is 0 Å². The molecule has 1 aromatic carbocycles. The minimum absolute atomic E-state index is 0.133. The number of para-hydroxylation sites is 1. The Labute approximate surface area is 124 Å². The molecule has 0 unspecified atom stereocenters. The Morgan fingerprint density at radius 1 is 1.52 bits per heavy atom. The van der Waals surface area contributed by atoms with E-state index in [-0.39, 0.29) is 11.5 Å². The van der Waals surface area contributed by atoms with Gasteiger partial charge in [0.2, 0.25) is 10.0 Å². The molecule has 0 spiro atoms. The quantitative estimate of drug-likeness (QED) is 0.902. The van der Waals surface area contributed by atoms with Crippen LogP contribution in [0.1, 0.15) is 31.4 Å². The molecule has 1 heterocycles. The van der Waals surface area contributed by atoms with Crippen LogP contribution < -0.4 is 9.46 Å². The van der Waals surface area contributed by atoms with E-state index in [1.165, 1.54) is 13.2 Å². The van der Waals surface area contributed by atoms with Crippen molar-refractivity contribution >= 4 is 10.0 Å². The minimum atomic E-state index is -3.52. The molecule has 0 saturated heterocycles. The molecule has 1 aliphatic rings. The highest BCUT2D eigenvalue weighted by molar-refractivity contribution is 7.89. The van der Waals surface area contributed by atoms with Crippen molar-refractivity contribution in [1.82, 2.24) is 4.72 Å². The fourth-order valence-corrected chi connectivity index (χ4v) is 3.86. The van der Waals surface area contributed by atoms with Crippen LogP contribution >= 0.6 is 0 Å². The molecule has 118 valence electrons. The summed E-state index contributed by atoms with van der Waals surface area (Å²) in [6, 6.07) is 4.08. The van der Waals surface area contributed by atoms with Crippen molar-refractivity contribution in [2.75, 3.05) is 19.5 Å². The summed E-state index contributed by atoms with van der Waals surface area (Å²) in [7, 11) is -2.05. The van der Waals surface area contributed by atoms with E-state index in [1.54, 1.807) is 19.1 Å². The molecule has 21 heavy (non-hydrogen) atoms. The van der Waals surface area contributed by atoms with E-state index < -0.39 is 28.0 Å². The second-order valence-corrected chi connectivity index (χ2v) is 6.95. The van der Waals surface area contributed by atoms with E-state index >= 15 is 0 Å². The van der Waals surface area contributed by atoms with Crippen LogP contribution in [0.4, 0.5) is 4.39 Å². The number of halogens is 1. The number of nitrogens with one attached hydrogen (secondary N) is 1. The molecule has 0 radical (unpaired) electrons. The van der Waals surface area contributed by atoms with Crippen LogP contribution in [0.2, 0.25) is 0 Å². The van der Waals surface area contributed by atoms with Crippen molar-refractivity contribution < 1.29 is 22.3 Å². The van der Waals surface area contributed by atoms with E-state index in [9.17, 15) is 12.8 Å². The molecule has 1 N–H and O–H groups in total. The van der Waals surface area contributed by atoms with Crippen LogP contribution in [0.25, 0.3) is 0 Å². The van der Waals surface area contributed by atoms with Gasteiger partial charge in [-0.1, -0.05) is 12.1 Å². The second kappa shape index (κ2) is 6.72. The number of benzene rings is 1. The standard InChI is InChI=1S/C14H20FNO4S/c1-10(19-2)9-21(17,18)16-13-7-4-8-20-14-11(13)5-3-6-12(14)15/h3,5-6,10,13,16H,4,7-9H2,1-2H3/t10-,13-/m1/s1. The van der Waals surface area contributed by atoms with Gasteiger partial charge in [-0.05, 0) is 25.8 Å². The minimum Gasteiger partial charge on any atom is -0.490 e. The van der Waals surface area contributed by atoms with Crippen LogP contribution in [-0.2, 0) is 14.8 Å². The highest BCUT2D eigenvalue weighted by atomic mass is 32.2. The van der Waals surface area contributed by atoms with E-state index in [2.05, 4.69) is 4.72 Å². The maximum atomic E-state index is 13.8. The topological polar surface area (TPSA) is 64.6 Å². The van der Waals surface area contributed by atoms with Gasteiger partial charge in [-0.15, -0.1) is 0 Å². The lowest BCUT2D eigenvalue weighted by molar-refractivity contribution is 0.136. The Morgan fingerprint density at radius 2 is 2.29 bits per heavy atom. The van der Waals surface area contributed by atoms with Crippen molar-refractivity contribution in [3.05, 3.63) is 29.6 Å². The zero-order valence-corrected chi connectivity index (χ0v) is 13.0. The predicted octanol–water partition coefficient (Wildman–Crippen LogP) is 1.99. The average molecular weight is 317 g/mol. The van der Waals surface area contributed by atoms with Gasteiger partial charge in [-0.2, -0.15) is 0 Å². The van der Waals surface area contributed by atoms with Crippen molar-refractivity contribution in [1.29, 1.82) is 0 Å². The molecule has 0 aromatic heterocycles. The van der Waals surface area contributed by atoms with Crippen molar-refractivity contribution in [3.8, 4) is 5.75 Å². The van der Waals surface area contributed by atoms with Crippen molar-refractivity contribution in [3.63, 3.8) is 0 Å². The summed E-state index contributed by atoms with van der Waals surface area (Å²) in [4.78, 5) is 0. The van der Waals surface area contributed by atoms with Crippen LogP contribution in [0.3, 0.4) is 0 Å². The second-order valence-electron chi connectivity index (χ2n) is 5.15. The maximum Gasteiger partial charge on any atom is 0.214 e. The number of ether oxygens (including phenoxy) is 2. The first-order chi connectivity index (χ1) is 9.93. The molecule has 0 amide bonds. The van der Waals surface area contributed by atoms with Crippen LogP contribution in [0, 0.1) is 5.82 Å². The van der Waals surface area contributed by atoms with E-state index in [1.807, 2.05) is 0 Å². The highest BCUT2D eigenvalue weighted by Crippen LogP contribution is 2.33. The van der Waals surface area contributed by atoms with Crippen LogP contribution in [-0.4, -0.2) is 34.0 Å². The molecule has 7 heteroatoms. The molecule has 1 aromatic rings. The number of hydrogen-bond acceptors (Lipinski definition) is 4. The van der Waals surface area contributed by atoms with Gasteiger partial charge in [-0.3, -0.25) is 0 Å². The number of methoxy groups -OCH3 is 1. The Morgan fingerprint density at radius 3 is 3.00 bits per heavy atom. The molecular formula is C14H20FNO4S. The van der Waals surface area contributed by atoms with E-state index in [4.69, 9.17) is 9.47 Å². The smallest absolute Gasteiger partial charge is 0.214 e. The van der Waals surface area contributed by atoms with E-state index in [0.29, 0.717) is 25.0 Å². The van der Waals surface area contributed by atoms with Gasteiger partial charge in [0.15, 0.2) is 11.6 Å². The van der Waals surface area contributed by atoms with Gasteiger partial charge < -0.3 is 9.47 Å². The lowest BCUT2D eigenvalue weighted by Crippen LogP contribution is -2.34. The third kappa shape index (κ3) is 4.15. The highest BCUT2D eigenvalue weighted by Gasteiger charge is 2.27. The maximum absolute atomic E-state index is 13.8. The molecule has 2 atom stereocenters. The predicted molar refractivity (Wildman–Crippen MR) is 77.3 cm³/mol. The summed E-state index contributed by atoms with van der Waals surface area (Å²) in [5, 5.41) is 0. The molecule has 5 nitrogen and oxygen atoms in total. The third-order valence-corrected chi connectivity index (χ3v) is 4.99. The Hall–Kier alpha value is -1.18. The largest absolute Gasteiger partial charge is 0.490 e. The lowest BCUT2D eigenvalue weighted by atomic mass is 10.0. The Bertz CT molecular complexity index is 591. The van der Waals surface area contributed by atoms with Gasteiger partial charge in [0.1, 0.15) is 0 Å². The number of fused-ring (bicyclic) bond motifs is 1. The van der Waals surface area contributed by atoms with Gasteiger partial charge >= 0.3 is 0 Å². The molecular weight excluding hydrogens is 297 g/mol. The molecule has 0 fully saturated rings. The molecule has 0 bridgehead atoms. The monoisotopic (exact) mass is 317 g/mol. The number of hydrogen-bond donors (Lipinski definition) is 1. The normalized spacial score (nSPS) is 20.2. The van der Waals surface area contributed by atoms with Crippen LogP contribution in [0.5, 0.6) is 5.75 Å². The zero-order chi connectivity index (χ0) is 15.5. The molecule has 0 aliphatic carbocycles. The average Bonchev–Trinajstić information content (AvgIpc) is 2.62. The SMILES string of the molecule is CO[C@H](C)CS(=O)(=O)N[C@@H]1CCCOc2c(F)cccc21. The van der Waals surface area contributed by atoms with Gasteiger partial charge in [0.25, 0.3) is 0 Å². The van der Waals surface area contributed by atoms with Gasteiger partial charge in [0, 0.05) is 12.7 Å².